The molecule has 0 fully saturated rings. The molecule has 0 saturated carbocycles. The summed E-state index contributed by atoms with van der Waals surface area (Å²) < 4.78 is 5.88. The topological polar surface area (TPSA) is 26.3 Å². The first-order valence-electron chi connectivity index (χ1n) is 6.53. The normalized spacial score (nSPS) is 17.4. The second-order valence-electron chi connectivity index (χ2n) is 5.82. The molecule has 0 saturated heterocycles. The Bertz CT molecular complexity index is 563. The lowest BCUT2D eigenvalue weighted by atomic mass is 9.90. The van der Waals surface area contributed by atoms with Gasteiger partial charge in [-0.2, -0.15) is 0 Å². The molecule has 0 radical (unpaired) electrons. The second-order valence-corrected chi connectivity index (χ2v) is 5.82. The van der Waals surface area contributed by atoms with Gasteiger partial charge in [0.1, 0.15) is 5.75 Å². The van der Waals surface area contributed by atoms with Crippen LogP contribution in [0.25, 0.3) is 5.57 Å². The van der Waals surface area contributed by atoms with Crippen molar-refractivity contribution in [2.24, 2.45) is 5.41 Å². The van der Waals surface area contributed by atoms with E-state index < -0.39 is 0 Å². The molecule has 0 spiro atoms. The standard InChI is InChI=1S/C17H20O2/c1-12-5-8-16-15(9-12)14(7-6-13(2)18)10-17(3,4)11-19-16/h5-10H,11H2,1-4H3/b7-6+. The summed E-state index contributed by atoms with van der Waals surface area (Å²) in [6.45, 7) is 8.52. The van der Waals surface area contributed by atoms with E-state index in [4.69, 9.17) is 4.74 Å². The number of hydrogen-bond acceptors (Lipinski definition) is 2. The van der Waals surface area contributed by atoms with Crippen LogP contribution in [0.5, 0.6) is 5.75 Å². The van der Waals surface area contributed by atoms with Gasteiger partial charge in [-0.05, 0) is 37.6 Å². The fourth-order valence-electron chi connectivity index (χ4n) is 2.14. The molecule has 0 bridgehead atoms. The predicted octanol–water partition coefficient (Wildman–Crippen LogP) is 3.94. The van der Waals surface area contributed by atoms with Crippen LogP contribution in [0.15, 0.2) is 36.4 Å². The molecule has 1 aromatic carbocycles. The number of allylic oxidation sites excluding steroid dienone is 3. The Kier molecular flexibility index (Phi) is 3.61. The van der Waals surface area contributed by atoms with Gasteiger partial charge in [0.15, 0.2) is 5.78 Å². The van der Waals surface area contributed by atoms with E-state index in [0.717, 1.165) is 16.9 Å². The molecular weight excluding hydrogens is 236 g/mol. The zero-order chi connectivity index (χ0) is 14.0. The lowest BCUT2D eigenvalue weighted by Crippen LogP contribution is -2.17. The number of ketones is 1. The minimum atomic E-state index is -0.0522. The maximum atomic E-state index is 11.2. The van der Waals surface area contributed by atoms with Crippen LogP contribution >= 0.6 is 0 Å². The first-order chi connectivity index (χ1) is 8.87. The van der Waals surface area contributed by atoms with Crippen molar-refractivity contribution < 1.29 is 9.53 Å². The first-order valence-corrected chi connectivity index (χ1v) is 6.53. The Balaban J connectivity index is 2.54. The van der Waals surface area contributed by atoms with E-state index in [-0.39, 0.29) is 11.2 Å². The highest BCUT2D eigenvalue weighted by molar-refractivity contribution is 5.91. The lowest BCUT2D eigenvalue weighted by molar-refractivity contribution is -0.112. The van der Waals surface area contributed by atoms with Crippen LogP contribution in [0.3, 0.4) is 0 Å². The van der Waals surface area contributed by atoms with Gasteiger partial charge in [-0.3, -0.25) is 4.79 Å². The summed E-state index contributed by atoms with van der Waals surface area (Å²) >= 11 is 0. The Morgan fingerprint density at radius 1 is 1.37 bits per heavy atom. The van der Waals surface area contributed by atoms with E-state index in [1.807, 2.05) is 18.2 Å². The molecule has 1 heterocycles. The molecule has 2 heteroatoms. The minimum absolute atomic E-state index is 0.0522. The molecule has 1 aliphatic rings. The van der Waals surface area contributed by atoms with Gasteiger partial charge in [0.25, 0.3) is 0 Å². The number of fused-ring (bicyclic) bond motifs is 1. The quantitative estimate of drug-likeness (QED) is 0.749. The molecule has 0 atom stereocenters. The lowest BCUT2D eigenvalue weighted by Gasteiger charge is -2.18. The van der Waals surface area contributed by atoms with Gasteiger partial charge < -0.3 is 4.74 Å². The van der Waals surface area contributed by atoms with Crippen molar-refractivity contribution in [3.63, 3.8) is 0 Å². The summed E-state index contributed by atoms with van der Waals surface area (Å²) in [6, 6.07) is 6.15. The molecule has 2 nitrogen and oxygen atoms in total. The predicted molar refractivity (Wildman–Crippen MR) is 78.3 cm³/mol. The van der Waals surface area contributed by atoms with Crippen LogP contribution in [0, 0.1) is 12.3 Å². The van der Waals surface area contributed by atoms with Crippen molar-refractivity contribution in [1.82, 2.24) is 0 Å². The number of ether oxygens (including phenoxy) is 1. The molecule has 100 valence electrons. The van der Waals surface area contributed by atoms with Gasteiger partial charge in [-0.15, -0.1) is 0 Å². The Morgan fingerprint density at radius 2 is 2.11 bits per heavy atom. The fraction of sp³-hybridized carbons (Fsp3) is 0.353. The van der Waals surface area contributed by atoms with Crippen molar-refractivity contribution in [2.75, 3.05) is 6.61 Å². The Hall–Kier alpha value is -1.83. The maximum Gasteiger partial charge on any atom is 0.152 e. The van der Waals surface area contributed by atoms with Crippen LogP contribution in [-0.2, 0) is 4.79 Å². The van der Waals surface area contributed by atoms with Gasteiger partial charge in [0, 0.05) is 11.0 Å². The maximum absolute atomic E-state index is 11.2. The molecule has 1 aliphatic heterocycles. The number of hydrogen-bond donors (Lipinski definition) is 0. The summed E-state index contributed by atoms with van der Waals surface area (Å²) in [6.07, 6.45) is 5.67. The fourth-order valence-corrected chi connectivity index (χ4v) is 2.14. The summed E-state index contributed by atoms with van der Waals surface area (Å²) in [7, 11) is 0. The van der Waals surface area contributed by atoms with E-state index in [0.29, 0.717) is 6.61 Å². The zero-order valence-corrected chi connectivity index (χ0v) is 12.0. The highest BCUT2D eigenvalue weighted by atomic mass is 16.5. The molecule has 1 aromatic rings. The van der Waals surface area contributed by atoms with E-state index in [1.165, 1.54) is 5.56 Å². The Morgan fingerprint density at radius 3 is 2.79 bits per heavy atom. The molecule has 0 N–H and O–H groups in total. The number of rotatable bonds is 2. The molecule has 2 rings (SSSR count). The monoisotopic (exact) mass is 256 g/mol. The second kappa shape index (κ2) is 5.04. The molecule has 0 unspecified atom stereocenters. The van der Waals surface area contributed by atoms with E-state index >= 15 is 0 Å². The first kappa shape index (κ1) is 13.6. The third-order valence-corrected chi connectivity index (χ3v) is 3.09. The molecule has 0 amide bonds. The summed E-state index contributed by atoms with van der Waals surface area (Å²) in [5.41, 5.74) is 3.24. The van der Waals surface area contributed by atoms with Gasteiger partial charge >= 0.3 is 0 Å². The van der Waals surface area contributed by atoms with Gasteiger partial charge in [0.2, 0.25) is 0 Å². The Labute approximate surface area is 114 Å². The van der Waals surface area contributed by atoms with E-state index in [1.54, 1.807) is 13.0 Å². The van der Waals surface area contributed by atoms with Crippen LogP contribution in [-0.4, -0.2) is 12.4 Å². The SMILES string of the molecule is CC(=O)/C=C/C1=CC(C)(C)COc2ccc(C)cc21. The molecular formula is C17H20O2. The summed E-state index contributed by atoms with van der Waals surface area (Å²) in [4.78, 5) is 11.2. The minimum Gasteiger partial charge on any atom is -0.492 e. The largest absolute Gasteiger partial charge is 0.492 e. The number of aryl methyl sites for hydroxylation is 1. The zero-order valence-electron chi connectivity index (χ0n) is 12.0. The van der Waals surface area contributed by atoms with Gasteiger partial charge in [-0.1, -0.05) is 37.6 Å². The van der Waals surface area contributed by atoms with Crippen molar-refractivity contribution in [3.05, 3.63) is 47.6 Å². The van der Waals surface area contributed by atoms with E-state index in [9.17, 15) is 4.79 Å². The van der Waals surface area contributed by atoms with Crippen LogP contribution in [0.4, 0.5) is 0 Å². The molecule has 19 heavy (non-hydrogen) atoms. The summed E-state index contributed by atoms with van der Waals surface area (Å²) in [5, 5.41) is 0. The highest BCUT2D eigenvalue weighted by Crippen LogP contribution is 2.36. The average Bonchev–Trinajstić information content (AvgIpc) is 2.44. The van der Waals surface area contributed by atoms with Crippen molar-refractivity contribution >= 4 is 11.4 Å². The summed E-state index contributed by atoms with van der Waals surface area (Å²) in [5.74, 6) is 0.939. The van der Waals surface area contributed by atoms with Crippen molar-refractivity contribution in [3.8, 4) is 5.75 Å². The van der Waals surface area contributed by atoms with Crippen molar-refractivity contribution in [1.29, 1.82) is 0 Å². The number of carbonyl (C=O) groups is 1. The number of carbonyl (C=O) groups excluding carboxylic acids is 1. The van der Waals surface area contributed by atoms with Gasteiger partial charge in [-0.25, -0.2) is 0 Å². The van der Waals surface area contributed by atoms with Crippen LogP contribution < -0.4 is 4.74 Å². The molecule has 0 aromatic heterocycles. The van der Waals surface area contributed by atoms with Crippen LogP contribution in [0.2, 0.25) is 0 Å². The third kappa shape index (κ3) is 3.34. The van der Waals surface area contributed by atoms with E-state index in [2.05, 4.69) is 32.9 Å². The van der Waals surface area contributed by atoms with Gasteiger partial charge in [0.05, 0.1) is 6.61 Å². The average molecular weight is 256 g/mol. The van der Waals surface area contributed by atoms with Crippen molar-refractivity contribution in [2.45, 2.75) is 27.7 Å². The highest BCUT2D eigenvalue weighted by Gasteiger charge is 2.22. The molecule has 0 aliphatic carbocycles. The third-order valence-electron chi connectivity index (χ3n) is 3.09. The smallest absolute Gasteiger partial charge is 0.152 e. The number of benzene rings is 1. The van der Waals surface area contributed by atoms with Crippen LogP contribution in [0.1, 0.15) is 31.9 Å².